The number of anilines is 1. The molecule has 0 bridgehead atoms. The summed E-state index contributed by atoms with van der Waals surface area (Å²) in [6.07, 6.45) is 0. The Labute approximate surface area is 142 Å². The van der Waals surface area contributed by atoms with Gasteiger partial charge < -0.3 is 15.9 Å². The molecule has 0 radical (unpaired) electrons. The van der Waals surface area contributed by atoms with Gasteiger partial charge >= 0.3 is 0 Å². The van der Waals surface area contributed by atoms with Crippen LogP contribution in [0.2, 0.25) is 5.02 Å². The SMILES string of the molecule is Nc1nnnn1NCc1ccccc1OCc1c(F)cccc1Cl. The van der Waals surface area contributed by atoms with E-state index < -0.39 is 5.82 Å². The van der Waals surface area contributed by atoms with Gasteiger partial charge in [0, 0.05) is 11.1 Å². The summed E-state index contributed by atoms with van der Waals surface area (Å²) in [5.74, 6) is 0.335. The molecule has 0 fully saturated rings. The van der Waals surface area contributed by atoms with Crippen molar-refractivity contribution in [2.45, 2.75) is 13.2 Å². The van der Waals surface area contributed by atoms with Crippen LogP contribution in [0.3, 0.4) is 0 Å². The lowest BCUT2D eigenvalue weighted by Gasteiger charge is -2.13. The second-order valence-corrected chi connectivity index (χ2v) is 5.29. The first kappa shape index (κ1) is 16.0. The Kier molecular flexibility index (Phi) is 4.76. The fourth-order valence-electron chi connectivity index (χ4n) is 2.08. The molecule has 0 saturated heterocycles. The van der Waals surface area contributed by atoms with E-state index in [2.05, 4.69) is 21.0 Å². The standard InChI is InChI=1S/C15H14ClFN6O/c16-12-5-3-6-13(17)11(12)9-24-14-7-2-1-4-10(14)8-19-23-15(18)20-21-22-23/h1-7,19H,8-9H2,(H2,18,20,22). The Morgan fingerprint density at radius 2 is 2.04 bits per heavy atom. The molecule has 0 amide bonds. The van der Waals surface area contributed by atoms with E-state index in [1.807, 2.05) is 18.2 Å². The summed E-state index contributed by atoms with van der Waals surface area (Å²) in [5.41, 5.74) is 9.68. The fourth-order valence-corrected chi connectivity index (χ4v) is 2.30. The van der Waals surface area contributed by atoms with Crippen LogP contribution in [0.25, 0.3) is 0 Å². The molecule has 1 heterocycles. The average Bonchev–Trinajstić information content (AvgIpc) is 2.98. The van der Waals surface area contributed by atoms with E-state index in [0.29, 0.717) is 22.9 Å². The van der Waals surface area contributed by atoms with E-state index in [-0.39, 0.29) is 12.6 Å². The van der Waals surface area contributed by atoms with Crippen LogP contribution in [0, 0.1) is 5.82 Å². The van der Waals surface area contributed by atoms with E-state index in [1.165, 1.54) is 10.9 Å². The predicted octanol–water partition coefficient (Wildman–Crippen LogP) is 2.37. The molecule has 24 heavy (non-hydrogen) atoms. The minimum atomic E-state index is -0.403. The van der Waals surface area contributed by atoms with Gasteiger partial charge in [-0.05, 0) is 28.6 Å². The molecule has 0 atom stereocenters. The Hall–Kier alpha value is -2.87. The number of hydrogen-bond donors (Lipinski definition) is 2. The lowest BCUT2D eigenvalue weighted by molar-refractivity contribution is 0.297. The van der Waals surface area contributed by atoms with Crippen LogP contribution in [0.4, 0.5) is 10.3 Å². The summed E-state index contributed by atoms with van der Waals surface area (Å²) in [5, 5.41) is 11.0. The van der Waals surface area contributed by atoms with Gasteiger partial charge in [0.05, 0.1) is 11.6 Å². The number of nitrogen functional groups attached to an aromatic ring is 1. The fraction of sp³-hybridized carbons (Fsp3) is 0.133. The highest BCUT2D eigenvalue weighted by molar-refractivity contribution is 6.31. The second-order valence-electron chi connectivity index (χ2n) is 4.88. The maximum absolute atomic E-state index is 13.8. The van der Waals surface area contributed by atoms with Crippen molar-refractivity contribution in [3.05, 3.63) is 64.4 Å². The number of nitrogens with two attached hydrogens (primary N) is 1. The number of ether oxygens (including phenoxy) is 1. The minimum Gasteiger partial charge on any atom is -0.488 e. The van der Waals surface area contributed by atoms with Crippen molar-refractivity contribution >= 4 is 17.5 Å². The topological polar surface area (TPSA) is 90.9 Å². The van der Waals surface area contributed by atoms with Gasteiger partial charge in [-0.25, -0.2) is 4.39 Å². The lowest BCUT2D eigenvalue weighted by atomic mass is 10.2. The summed E-state index contributed by atoms with van der Waals surface area (Å²) in [4.78, 5) is 1.25. The summed E-state index contributed by atoms with van der Waals surface area (Å²) in [6, 6.07) is 11.9. The van der Waals surface area contributed by atoms with E-state index in [1.54, 1.807) is 18.2 Å². The molecule has 0 aliphatic carbocycles. The number of aromatic nitrogens is 4. The van der Waals surface area contributed by atoms with Gasteiger partial charge in [-0.15, -0.1) is 4.79 Å². The van der Waals surface area contributed by atoms with Gasteiger partial charge in [0.1, 0.15) is 18.2 Å². The van der Waals surface area contributed by atoms with Crippen molar-refractivity contribution in [3.63, 3.8) is 0 Å². The number of hydrogen-bond acceptors (Lipinski definition) is 6. The third-order valence-electron chi connectivity index (χ3n) is 3.32. The number of halogens is 2. The molecule has 9 heteroatoms. The number of tetrazole rings is 1. The van der Waals surface area contributed by atoms with E-state index in [9.17, 15) is 4.39 Å². The average molecular weight is 349 g/mol. The molecular formula is C15H14ClFN6O. The van der Waals surface area contributed by atoms with E-state index in [4.69, 9.17) is 22.1 Å². The maximum atomic E-state index is 13.8. The van der Waals surface area contributed by atoms with Gasteiger partial charge in [0.15, 0.2) is 0 Å². The largest absolute Gasteiger partial charge is 0.488 e. The van der Waals surface area contributed by atoms with Crippen molar-refractivity contribution in [2.24, 2.45) is 0 Å². The summed E-state index contributed by atoms with van der Waals surface area (Å²) in [6.45, 7) is 0.395. The minimum absolute atomic E-state index is 0.0234. The molecule has 0 aliphatic heterocycles. The molecule has 3 aromatic rings. The molecule has 1 aromatic heterocycles. The van der Waals surface area contributed by atoms with Crippen LogP contribution in [-0.2, 0) is 13.2 Å². The van der Waals surface area contributed by atoms with Crippen LogP contribution in [0.1, 0.15) is 11.1 Å². The Morgan fingerprint density at radius 3 is 2.79 bits per heavy atom. The number of para-hydroxylation sites is 1. The van der Waals surface area contributed by atoms with Crippen LogP contribution >= 0.6 is 11.6 Å². The highest BCUT2D eigenvalue weighted by atomic mass is 35.5. The summed E-state index contributed by atoms with van der Waals surface area (Å²) < 4.78 is 19.5. The maximum Gasteiger partial charge on any atom is 0.260 e. The van der Waals surface area contributed by atoms with Gasteiger partial charge in [-0.2, -0.15) is 0 Å². The molecule has 2 aromatic carbocycles. The number of benzene rings is 2. The summed E-state index contributed by atoms with van der Waals surface area (Å²) >= 11 is 6.01. The van der Waals surface area contributed by atoms with Gasteiger partial charge in [-0.1, -0.05) is 41.0 Å². The van der Waals surface area contributed by atoms with Crippen molar-refractivity contribution < 1.29 is 9.13 Å². The molecule has 0 saturated carbocycles. The molecule has 7 nitrogen and oxygen atoms in total. The molecule has 3 rings (SSSR count). The van der Waals surface area contributed by atoms with Gasteiger partial charge in [0.2, 0.25) is 0 Å². The number of nitrogens with zero attached hydrogens (tertiary/aromatic N) is 4. The van der Waals surface area contributed by atoms with Gasteiger partial charge in [0.25, 0.3) is 5.95 Å². The summed E-state index contributed by atoms with van der Waals surface area (Å²) in [7, 11) is 0. The first-order valence-corrected chi connectivity index (χ1v) is 7.44. The quantitative estimate of drug-likeness (QED) is 0.710. The van der Waals surface area contributed by atoms with Crippen molar-refractivity contribution in [2.75, 3.05) is 11.2 Å². The lowest BCUT2D eigenvalue weighted by Crippen LogP contribution is -2.18. The zero-order chi connectivity index (χ0) is 16.9. The van der Waals surface area contributed by atoms with Gasteiger partial charge in [-0.3, -0.25) is 0 Å². The van der Waals surface area contributed by atoms with Crippen LogP contribution < -0.4 is 15.9 Å². The molecule has 124 valence electrons. The number of nitrogens with one attached hydrogen (secondary N) is 1. The Balaban J connectivity index is 1.71. The zero-order valence-electron chi connectivity index (χ0n) is 12.5. The smallest absolute Gasteiger partial charge is 0.260 e. The zero-order valence-corrected chi connectivity index (χ0v) is 13.2. The van der Waals surface area contributed by atoms with E-state index >= 15 is 0 Å². The molecule has 0 aliphatic rings. The van der Waals surface area contributed by atoms with E-state index in [0.717, 1.165) is 5.56 Å². The number of rotatable bonds is 6. The molecule has 3 N–H and O–H groups in total. The van der Waals surface area contributed by atoms with Crippen LogP contribution in [0.15, 0.2) is 42.5 Å². The van der Waals surface area contributed by atoms with Crippen molar-refractivity contribution in [1.82, 2.24) is 20.3 Å². The molecular weight excluding hydrogens is 335 g/mol. The van der Waals surface area contributed by atoms with Crippen molar-refractivity contribution in [1.29, 1.82) is 0 Å². The highest BCUT2D eigenvalue weighted by Crippen LogP contribution is 2.23. The van der Waals surface area contributed by atoms with Crippen molar-refractivity contribution in [3.8, 4) is 5.75 Å². The predicted molar refractivity (Wildman–Crippen MR) is 87.5 cm³/mol. The highest BCUT2D eigenvalue weighted by Gasteiger charge is 2.10. The second kappa shape index (κ2) is 7.14. The third-order valence-corrected chi connectivity index (χ3v) is 3.67. The third kappa shape index (κ3) is 3.54. The Bertz CT molecular complexity index is 820. The normalized spacial score (nSPS) is 10.6. The van der Waals surface area contributed by atoms with Crippen LogP contribution in [-0.4, -0.2) is 20.3 Å². The molecule has 0 unspecified atom stereocenters. The monoisotopic (exact) mass is 348 g/mol. The molecule has 0 spiro atoms. The Morgan fingerprint density at radius 1 is 1.21 bits per heavy atom. The first-order valence-electron chi connectivity index (χ1n) is 7.06. The first-order chi connectivity index (χ1) is 11.6. The van der Waals surface area contributed by atoms with Crippen LogP contribution in [0.5, 0.6) is 5.75 Å².